The molecular weight excluding hydrogens is 352 g/mol. The van der Waals surface area contributed by atoms with Crippen molar-refractivity contribution in [2.75, 3.05) is 10.6 Å². The smallest absolute Gasteiger partial charge is 0.323 e. The van der Waals surface area contributed by atoms with Gasteiger partial charge in [-0.25, -0.2) is 13.6 Å². The van der Waals surface area contributed by atoms with Crippen molar-refractivity contribution in [3.8, 4) is 0 Å². The highest BCUT2D eigenvalue weighted by atomic mass is 19.1. The summed E-state index contributed by atoms with van der Waals surface area (Å²) < 4.78 is 27.4. The molecule has 144 valence electrons. The third kappa shape index (κ3) is 5.51. The van der Waals surface area contributed by atoms with E-state index in [1.807, 2.05) is 13.8 Å². The zero-order valence-electron chi connectivity index (χ0n) is 15.7. The maximum Gasteiger partial charge on any atom is 0.323 e. The molecule has 0 radical (unpaired) electrons. The molecule has 1 unspecified atom stereocenters. The van der Waals surface area contributed by atoms with Gasteiger partial charge in [-0.15, -0.1) is 0 Å². The highest BCUT2D eigenvalue weighted by Gasteiger charge is 2.21. The molecule has 0 aliphatic heterocycles. The van der Waals surface area contributed by atoms with Gasteiger partial charge >= 0.3 is 6.03 Å². The molecule has 0 aliphatic rings. The molecule has 0 bridgehead atoms. The number of anilines is 2. The number of aryl methyl sites for hydroxylation is 1. The van der Waals surface area contributed by atoms with Crippen LogP contribution >= 0.6 is 0 Å². The van der Waals surface area contributed by atoms with Gasteiger partial charge in [0.15, 0.2) is 0 Å². The van der Waals surface area contributed by atoms with E-state index < -0.39 is 17.9 Å². The Hall–Kier alpha value is -2.96. The first-order valence-corrected chi connectivity index (χ1v) is 8.58. The number of hydrogen-bond donors (Lipinski definition) is 3. The summed E-state index contributed by atoms with van der Waals surface area (Å²) in [6.07, 6.45) is 0. The van der Waals surface area contributed by atoms with Crippen LogP contribution in [0.25, 0.3) is 0 Å². The van der Waals surface area contributed by atoms with Gasteiger partial charge in [0.2, 0.25) is 5.91 Å². The van der Waals surface area contributed by atoms with Crippen molar-refractivity contribution in [3.63, 3.8) is 0 Å². The van der Waals surface area contributed by atoms with Crippen molar-refractivity contribution in [1.82, 2.24) is 5.32 Å². The van der Waals surface area contributed by atoms with Crippen LogP contribution < -0.4 is 16.0 Å². The first kappa shape index (κ1) is 20.4. The molecule has 0 aromatic heterocycles. The molecule has 0 heterocycles. The topological polar surface area (TPSA) is 70.2 Å². The van der Waals surface area contributed by atoms with Crippen molar-refractivity contribution in [3.05, 3.63) is 59.2 Å². The lowest BCUT2D eigenvalue weighted by atomic mass is 9.95. The molecule has 0 spiro atoms. The standard InChI is InChI=1S/C20H23F2N3O2/c1-11(2)19(23-13(4)26)16-10-15(6-7-17(16)22)24-20(27)25-18-8-5-14(21)9-12(18)3/h5-11,19H,1-4H3,(H,23,26)(H2,24,25,27). The Labute approximate surface area is 157 Å². The fraction of sp³-hybridized carbons (Fsp3) is 0.300. The normalized spacial score (nSPS) is 11.8. The molecular formula is C20H23F2N3O2. The first-order chi connectivity index (χ1) is 12.7. The number of nitrogens with one attached hydrogen (secondary N) is 3. The number of carbonyl (C=O) groups is 2. The van der Waals surface area contributed by atoms with E-state index >= 15 is 0 Å². The average Bonchev–Trinajstić information content (AvgIpc) is 2.57. The van der Waals surface area contributed by atoms with Gasteiger partial charge in [-0.2, -0.15) is 0 Å². The molecule has 0 fully saturated rings. The number of hydrogen-bond acceptors (Lipinski definition) is 2. The van der Waals surface area contributed by atoms with E-state index in [0.717, 1.165) is 0 Å². The predicted molar refractivity (Wildman–Crippen MR) is 102 cm³/mol. The highest BCUT2D eigenvalue weighted by Crippen LogP contribution is 2.27. The van der Waals surface area contributed by atoms with E-state index in [-0.39, 0.29) is 23.2 Å². The van der Waals surface area contributed by atoms with Crippen LogP contribution in [0.2, 0.25) is 0 Å². The summed E-state index contributed by atoms with van der Waals surface area (Å²) in [7, 11) is 0. The number of carbonyl (C=O) groups excluding carboxylic acids is 2. The van der Waals surface area contributed by atoms with Gasteiger partial charge in [0.25, 0.3) is 0 Å². The summed E-state index contributed by atoms with van der Waals surface area (Å²) in [5.74, 6) is -1.17. The monoisotopic (exact) mass is 375 g/mol. The third-order valence-corrected chi connectivity index (χ3v) is 4.05. The minimum Gasteiger partial charge on any atom is -0.349 e. The summed E-state index contributed by atoms with van der Waals surface area (Å²) in [4.78, 5) is 23.6. The summed E-state index contributed by atoms with van der Waals surface area (Å²) in [5, 5.41) is 7.97. The Morgan fingerprint density at radius 3 is 2.30 bits per heavy atom. The van der Waals surface area contributed by atoms with Crippen molar-refractivity contribution in [1.29, 1.82) is 0 Å². The molecule has 5 nitrogen and oxygen atoms in total. The van der Waals surface area contributed by atoms with Crippen LogP contribution in [0.4, 0.5) is 25.0 Å². The molecule has 2 aromatic rings. The Bertz CT molecular complexity index is 853. The van der Waals surface area contributed by atoms with Gasteiger partial charge in [0, 0.05) is 23.9 Å². The predicted octanol–water partition coefficient (Wildman–Crippen LogP) is 4.75. The van der Waals surface area contributed by atoms with E-state index in [1.165, 1.54) is 43.3 Å². The van der Waals surface area contributed by atoms with Gasteiger partial charge in [-0.3, -0.25) is 4.79 Å². The molecule has 2 rings (SSSR count). The minimum atomic E-state index is -0.539. The van der Waals surface area contributed by atoms with Crippen LogP contribution in [-0.2, 0) is 4.79 Å². The largest absolute Gasteiger partial charge is 0.349 e. The molecule has 1 atom stereocenters. The van der Waals surface area contributed by atoms with Crippen LogP contribution in [0, 0.1) is 24.5 Å². The van der Waals surface area contributed by atoms with Crippen molar-refractivity contribution in [2.45, 2.75) is 33.7 Å². The van der Waals surface area contributed by atoms with Gasteiger partial charge in [-0.1, -0.05) is 13.8 Å². The maximum atomic E-state index is 14.3. The molecule has 27 heavy (non-hydrogen) atoms. The summed E-state index contributed by atoms with van der Waals surface area (Å²) in [5.41, 5.74) is 1.71. The second-order valence-electron chi connectivity index (χ2n) is 6.70. The quantitative estimate of drug-likeness (QED) is 0.706. The van der Waals surface area contributed by atoms with E-state index in [9.17, 15) is 18.4 Å². The zero-order valence-corrected chi connectivity index (χ0v) is 15.7. The minimum absolute atomic E-state index is 0.0469. The second kappa shape index (κ2) is 8.62. The highest BCUT2D eigenvalue weighted by molar-refractivity contribution is 6.00. The number of halogens is 2. The summed E-state index contributed by atoms with van der Waals surface area (Å²) in [6.45, 7) is 6.78. The molecule has 7 heteroatoms. The maximum absolute atomic E-state index is 14.3. The van der Waals surface area contributed by atoms with Crippen molar-refractivity contribution < 1.29 is 18.4 Å². The number of rotatable bonds is 5. The van der Waals surface area contributed by atoms with Crippen molar-refractivity contribution >= 4 is 23.3 Å². The first-order valence-electron chi connectivity index (χ1n) is 8.58. The van der Waals surface area contributed by atoms with Crippen LogP contribution in [0.15, 0.2) is 36.4 Å². The zero-order chi connectivity index (χ0) is 20.1. The fourth-order valence-corrected chi connectivity index (χ4v) is 2.73. The second-order valence-corrected chi connectivity index (χ2v) is 6.70. The molecule has 0 saturated carbocycles. The lowest BCUT2D eigenvalue weighted by Crippen LogP contribution is -2.30. The average molecular weight is 375 g/mol. The van der Waals surface area contributed by atoms with Gasteiger partial charge < -0.3 is 16.0 Å². The summed E-state index contributed by atoms with van der Waals surface area (Å²) in [6, 6.07) is 7.13. The van der Waals surface area contributed by atoms with E-state index in [2.05, 4.69) is 16.0 Å². The lowest BCUT2D eigenvalue weighted by Gasteiger charge is -2.23. The number of amides is 3. The lowest BCUT2D eigenvalue weighted by molar-refractivity contribution is -0.120. The molecule has 3 N–H and O–H groups in total. The van der Waals surface area contributed by atoms with Crippen LogP contribution in [-0.4, -0.2) is 11.9 Å². The summed E-state index contributed by atoms with van der Waals surface area (Å²) >= 11 is 0. The van der Waals surface area contributed by atoms with Gasteiger partial charge in [-0.05, 0) is 54.8 Å². The number of urea groups is 1. The molecule has 2 aromatic carbocycles. The molecule has 3 amide bonds. The SMILES string of the molecule is CC(=O)NC(c1cc(NC(=O)Nc2ccc(F)cc2C)ccc1F)C(C)C. The van der Waals surface area contributed by atoms with Crippen LogP contribution in [0.1, 0.15) is 37.9 Å². The van der Waals surface area contributed by atoms with Gasteiger partial charge in [0.05, 0.1) is 6.04 Å². The molecule has 0 saturated heterocycles. The van der Waals surface area contributed by atoms with E-state index in [0.29, 0.717) is 16.9 Å². The van der Waals surface area contributed by atoms with Crippen molar-refractivity contribution in [2.24, 2.45) is 5.92 Å². The fourth-order valence-electron chi connectivity index (χ4n) is 2.73. The molecule has 0 aliphatic carbocycles. The number of benzene rings is 2. The Morgan fingerprint density at radius 2 is 1.70 bits per heavy atom. The van der Waals surface area contributed by atoms with E-state index in [4.69, 9.17) is 0 Å². The van der Waals surface area contributed by atoms with E-state index in [1.54, 1.807) is 6.92 Å². The third-order valence-electron chi connectivity index (χ3n) is 4.05. The Balaban J connectivity index is 2.19. The van der Waals surface area contributed by atoms with Crippen LogP contribution in [0.5, 0.6) is 0 Å². The van der Waals surface area contributed by atoms with Crippen LogP contribution in [0.3, 0.4) is 0 Å². The Kier molecular flexibility index (Phi) is 6.50. The Morgan fingerprint density at radius 1 is 1.00 bits per heavy atom. The van der Waals surface area contributed by atoms with Gasteiger partial charge in [0.1, 0.15) is 11.6 Å².